The second kappa shape index (κ2) is 8.03. The van der Waals surface area contributed by atoms with E-state index in [0.29, 0.717) is 22.7 Å². The fourth-order valence-electron chi connectivity index (χ4n) is 3.43. The van der Waals surface area contributed by atoms with Crippen LogP contribution in [0.5, 0.6) is 17.4 Å². The number of pyridine rings is 1. The van der Waals surface area contributed by atoms with Crippen LogP contribution in [0.1, 0.15) is 30.4 Å². The maximum absolute atomic E-state index is 13.2. The molecule has 0 aliphatic carbocycles. The van der Waals surface area contributed by atoms with E-state index in [1.165, 1.54) is 4.40 Å². The molecule has 9 heteroatoms. The fraction of sp³-hybridized carbons (Fsp3) is 0.286. The molecule has 1 aromatic carbocycles. The Hall–Kier alpha value is -3.59. The summed E-state index contributed by atoms with van der Waals surface area (Å²) in [6, 6.07) is 10.1. The summed E-state index contributed by atoms with van der Waals surface area (Å²) in [6.07, 6.45) is 0.715. The van der Waals surface area contributed by atoms with Crippen molar-refractivity contribution in [2.45, 2.75) is 25.4 Å². The van der Waals surface area contributed by atoms with Gasteiger partial charge in [0.2, 0.25) is 18.6 Å². The molecule has 9 nitrogen and oxygen atoms in total. The lowest BCUT2D eigenvalue weighted by Gasteiger charge is -2.19. The second-order valence-electron chi connectivity index (χ2n) is 7.11. The van der Waals surface area contributed by atoms with Crippen LogP contribution in [0, 0.1) is 0 Å². The number of carbonyl (C=O) groups is 1. The third-order valence-corrected chi connectivity index (χ3v) is 4.88. The van der Waals surface area contributed by atoms with Crippen molar-refractivity contribution < 1.29 is 24.5 Å². The fourth-order valence-corrected chi connectivity index (χ4v) is 3.43. The molecule has 3 aromatic rings. The van der Waals surface area contributed by atoms with Crippen LogP contribution in [0.2, 0.25) is 0 Å². The largest absolute Gasteiger partial charge is 0.493 e. The first-order valence-electron chi connectivity index (χ1n) is 9.48. The minimum Gasteiger partial charge on any atom is -0.493 e. The zero-order chi connectivity index (χ0) is 21.3. The van der Waals surface area contributed by atoms with Gasteiger partial charge in [-0.3, -0.25) is 14.0 Å². The third-order valence-electron chi connectivity index (χ3n) is 4.88. The summed E-state index contributed by atoms with van der Waals surface area (Å²) < 4.78 is 12.1. The highest BCUT2D eigenvalue weighted by atomic mass is 16.7. The van der Waals surface area contributed by atoms with E-state index < -0.39 is 23.5 Å². The van der Waals surface area contributed by atoms with E-state index in [0.717, 1.165) is 0 Å². The molecule has 1 aliphatic heterocycles. The number of aliphatic hydroxyl groups excluding tert-OH is 1. The average Bonchev–Trinajstić information content (AvgIpc) is 3.19. The monoisotopic (exact) mass is 411 g/mol. The van der Waals surface area contributed by atoms with Crippen LogP contribution in [-0.2, 0) is 4.79 Å². The van der Waals surface area contributed by atoms with E-state index in [-0.39, 0.29) is 31.2 Å². The van der Waals surface area contributed by atoms with E-state index in [1.807, 2.05) is 0 Å². The molecule has 1 aliphatic rings. The summed E-state index contributed by atoms with van der Waals surface area (Å²) >= 11 is 0. The van der Waals surface area contributed by atoms with Crippen LogP contribution in [0.4, 0.5) is 0 Å². The summed E-state index contributed by atoms with van der Waals surface area (Å²) in [5.41, 5.74) is 0.428. The molecular formula is C21H21N3O6. The van der Waals surface area contributed by atoms with E-state index in [1.54, 1.807) is 49.5 Å². The third kappa shape index (κ3) is 3.79. The lowest BCUT2D eigenvalue weighted by molar-refractivity contribution is -0.121. The average molecular weight is 411 g/mol. The highest BCUT2D eigenvalue weighted by Crippen LogP contribution is 2.38. The number of aliphatic hydroxyl groups is 1. The van der Waals surface area contributed by atoms with Crippen molar-refractivity contribution in [3.63, 3.8) is 0 Å². The number of aromatic nitrogens is 2. The number of aromatic hydroxyl groups is 1. The number of fused-ring (bicyclic) bond motifs is 2. The van der Waals surface area contributed by atoms with Gasteiger partial charge in [-0.15, -0.1) is 0 Å². The molecular weight excluding hydrogens is 390 g/mol. The number of nitrogens with one attached hydrogen (secondary N) is 1. The normalized spacial score (nSPS) is 14.5. The molecule has 1 amide bonds. The number of carbonyl (C=O) groups excluding carboxylic acids is 1. The van der Waals surface area contributed by atoms with Crippen molar-refractivity contribution in [3.8, 4) is 17.4 Å². The van der Waals surface area contributed by atoms with E-state index in [9.17, 15) is 19.8 Å². The molecule has 3 N–H and O–H groups in total. The maximum Gasteiger partial charge on any atom is 0.265 e. The zero-order valence-corrected chi connectivity index (χ0v) is 16.2. The molecule has 0 fully saturated rings. The van der Waals surface area contributed by atoms with Gasteiger partial charge in [0.1, 0.15) is 5.65 Å². The molecule has 0 spiro atoms. The Kier molecular flexibility index (Phi) is 5.28. The SMILES string of the molecule is C[C@@H](O)CNC(=O)CC(c1ccc2c(c1)OCO2)c1c(O)nc2ccccn2c1=O. The van der Waals surface area contributed by atoms with Crippen LogP contribution in [0.3, 0.4) is 0 Å². The summed E-state index contributed by atoms with van der Waals surface area (Å²) in [4.78, 5) is 29.8. The molecule has 2 aromatic heterocycles. The van der Waals surface area contributed by atoms with E-state index >= 15 is 0 Å². The van der Waals surface area contributed by atoms with Gasteiger partial charge in [-0.1, -0.05) is 12.1 Å². The number of benzene rings is 1. The Balaban J connectivity index is 1.80. The zero-order valence-electron chi connectivity index (χ0n) is 16.2. The highest BCUT2D eigenvalue weighted by Gasteiger charge is 2.28. The van der Waals surface area contributed by atoms with Crippen molar-refractivity contribution in [3.05, 3.63) is 64.1 Å². The van der Waals surface area contributed by atoms with E-state index in [4.69, 9.17) is 9.47 Å². The first-order chi connectivity index (χ1) is 14.4. The molecule has 1 unspecified atom stereocenters. The Bertz CT molecular complexity index is 1160. The predicted octanol–water partition coefficient (Wildman–Crippen LogP) is 1.15. The number of ether oxygens (including phenoxy) is 2. The van der Waals surface area contributed by atoms with Crippen molar-refractivity contribution in [2.75, 3.05) is 13.3 Å². The Morgan fingerprint density at radius 1 is 1.27 bits per heavy atom. The minimum atomic E-state index is -0.786. The Labute approximate surface area is 171 Å². The number of nitrogens with zero attached hydrogens (tertiary/aromatic N) is 2. The molecule has 30 heavy (non-hydrogen) atoms. The standard InChI is InChI=1S/C21H21N3O6/c1-12(25)10-22-18(26)9-14(13-5-6-15-16(8-13)30-11-29-15)19-20(27)23-17-4-2-3-7-24(17)21(19)28/h2-8,12,14,25,27H,9-11H2,1H3,(H,22,26)/t12-,14?/m1/s1. The first kappa shape index (κ1) is 19.7. The second-order valence-corrected chi connectivity index (χ2v) is 7.11. The molecule has 4 rings (SSSR count). The number of hydrogen-bond acceptors (Lipinski definition) is 7. The van der Waals surface area contributed by atoms with Crippen molar-refractivity contribution in [1.29, 1.82) is 0 Å². The summed E-state index contributed by atoms with van der Waals surface area (Å²) in [5.74, 6) is -0.540. The van der Waals surface area contributed by atoms with Gasteiger partial charge < -0.3 is 25.0 Å². The predicted molar refractivity (Wildman–Crippen MR) is 107 cm³/mol. The van der Waals surface area contributed by atoms with Crippen LogP contribution in [0.25, 0.3) is 5.65 Å². The molecule has 3 heterocycles. The first-order valence-corrected chi connectivity index (χ1v) is 9.48. The van der Waals surface area contributed by atoms with Gasteiger partial charge in [-0.2, -0.15) is 4.98 Å². The minimum absolute atomic E-state index is 0.00441. The van der Waals surface area contributed by atoms with Gasteiger partial charge in [-0.25, -0.2) is 0 Å². The maximum atomic E-state index is 13.2. The smallest absolute Gasteiger partial charge is 0.265 e. The molecule has 0 bridgehead atoms. The summed E-state index contributed by atoms with van der Waals surface area (Å²) in [6.45, 7) is 1.72. The molecule has 2 atom stereocenters. The molecule has 0 saturated carbocycles. The molecule has 156 valence electrons. The lowest BCUT2D eigenvalue weighted by atomic mass is 9.89. The van der Waals surface area contributed by atoms with Crippen molar-refractivity contribution >= 4 is 11.6 Å². The highest BCUT2D eigenvalue weighted by molar-refractivity contribution is 5.78. The van der Waals surface area contributed by atoms with Gasteiger partial charge >= 0.3 is 0 Å². The topological polar surface area (TPSA) is 122 Å². The van der Waals surface area contributed by atoms with Crippen LogP contribution in [-0.4, -0.2) is 44.9 Å². The van der Waals surface area contributed by atoms with Gasteiger partial charge in [0, 0.05) is 25.1 Å². The Morgan fingerprint density at radius 3 is 2.87 bits per heavy atom. The van der Waals surface area contributed by atoms with Gasteiger partial charge in [0.15, 0.2) is 11.5 Å². The van der Waals surface area contributed by atoms with Crippen molar-refractivity contribution in [2.24, 2.45) is 0 Å². The number of rotatable bonds is 6. The quantitative estimate of drug-likeness (QED) is 0.556. The van der Waals surface area contributed by atoms with E-state index in [2.05, 4.69) is 10.3 Å². The Morgan fingerprint density at radius 2 is 2.07 bits per heavy atom. The summed E-state index contributed by atoms with van der Waals surface area (Å²) in [7, 11) is 0. The van der Waals surface area contributed by atoms with Gasteiger partial charge in [0.25, 0.3) is 5.56 Å². The van der Waals surface area contributed by atoms with Gasteiger partial charge in [0.05, 0.1) is 11.7 Å². The van der Waals surface area contributed by atoms with Gasteiger partial charge in [-0.05, 0) is 36.8 Å². The molecule has 0 saturated heterocycles. The van der Waals surface area contributed by atoms with Crippen LogP contribution < -0.4 is 20.3 Å². The van der Waals surface area contributed by atoms with Crippen LogP contribution in [0.15, 0.2) is 47.4 Å². The number of amides is 1. The van der Waals surface area contributed by atoms with Crippen molar-refractivity contribution in [1.82, 2.24) is 14.7 Å². The summed E-state index contributed by atoms with van der Waals surface area (Å²) in [5, 5.41) is 22.7. The number of hydrogen-bond donors (Lipinski definition) is 3. The lowest BCUT2D eigenvalue weighted by Crippen LogP contribution is -2.33. The molecule has 0 radical (unpaired) electrons. The van der Waals surface area contributed by atoms with Crippen LogP contribution >= 0.6 is 0 Å².